The smallest absolute Gasteiger partial charge is 0.260 e. The summed E-state index contributed by atoms with van der Waals surface area (Å²) >= 11 is 0. The molecule has 25 heavy (non-hydrogen) atoms. The highest BCUT2D eigenvalue weighted by Gasteiger charge is 2.16. The quantitative estimate of drug-likeness (QED) is 0.578. The average molecular weight is 326 g/mol. The molecule has 1 heterocycles. The van der Waals surface area contributed by atoms with Gasteiger partial charge in [0.15, 0.2) is 0 Å². The first kappa shape index (κ1) is 15.2. The Balaban J connectivity index is 2.07. The molecule has 0 radical (unpaired) electrons. The van der Waals surface area contributed by atoms with Gasteiger partial charge >= 0.3 is 0 Å². The first-order valence-electron chi connectivity index (χ1n) is 8.25. The van der Waals surface area contributed by atoms with E-state index in [1.165, 1.54) is 0 Å². The van der Waals surface area contributed by atoms with Gasteiger partial charge in [-0.05, 0) is 23.8 Å². The van der Waals surface area contributed by atoms with Gasteiger partial charge in [0.25, 0.3) is 5.56 Å². The van der Waals surface area contributed by atoms with Gasteiger partial charge < -0.3 is 9.88 Å². The van der Waals surface area contributed by atoms with Crippen molar-refractivity contribution in [2.75, 3.05) is 5.32 Å². The van der Waals surface area contributed by atoms with E-state index >= 15 is 0 Å². The van der Waals surface area contributed by atoms with E-state index in [2.05, 4.69) is 5.32 Å². The van der Waals surface area contributed by atoms with Crippen LogP contribution in [0, 0.1) is 0 Å². The second-order valence-electron chi connectivity index (χ2n) is 5.99. The summed E-state index contributed by atoms with van der Waals surface area (Å²) in [6.45, 7) is 0. The van der Waals surface area contributed by atoms with Crippen LogP contribution in [0.1, 0.15) is 0 Å². The summed E-state index contributed by atoms with van der Waals surface area (Å²) in [6, 6.07) is 27.7. The maximum atomic E-state index is 13.1. The molecule has 0 spiro atoms. The molecule has 0 saturated carbocycles. The molecule has 0 bridgehead atoms. The Morgan fingerprint density at radius 2 is 1.36 bits per heavy atom. The number of benzene rings is 3. The molecule has 122 valence electrons. The first-order valence-corrected chi connectivity index (χ1v) is 8.25. The van der Waals surface area contributed by atoms with Crippen LogP contribution in [0.15, 0.2) is 89.7 Å². The van der Waals surface area contributed by atoms with Crippen LogP contribution in [0.4, 0.5) is 11.4 Å². The van der Waals surface area contributed by atoms with Crippen LogP contribution < -0.4 is 10.9 Å². The zero-order valence-electron chi connectivity index (χ0n) is 13.9. The molecule has 0 saturated heterocycles. The molecule has 1 aromatic heterocycles. The molecule has 0 amide bonds. The van der Waals surface area contributed by atoms with E-state index in [0.29, 0.717) is 5.56 Å². The van der Waals surface area contributed by atoms with E-state index in [-0.39, 0.29) is 5.56 Å². The fourth-order valence-electron chi connectivity index (χ4n) is 3.16. The van der Waals surface area contributed by atoms with Gasteiger partial charge in [0.05, 0.1) is 16.8 Å². The Morgan fingerprint density at radius 1 is 0.760 bits per heavy atom. The third kappa shape index (κ3) is 2.70. The Kier molecular flexibility index (Phi) is 3.82. The van der Waals surface area contributed by atoms with Crippen LogP contribution in [-0.4, -0.2) is 4.57 Å². The first-order chi connectivity index (χ1) is 12.3. The summed E-state index contributed by atoms with van der Waals surface area (Å²) in [5.74, 6) is 0. The Labute approximate surface area is 146 Å². The van der Waals surface area contributed by atoms with Crippen LogP contribution in [0.2, 0.25) is 0 Å². The van der Waals surface area contributed by atoms with Crippen LogP contribution in [0.25, 0.3) is 22.0 Å². The second kappa shape index (κ2) is 6.29. The van der Waals surface area contributed by atoms with E-state index in [4.69, 9.17) is 0 Å². The van der Waals surface area contributed by atoms with Crippen molar-refractivity contribution in [3.05, 3.63) is 95.3 Å². The Bertz CT molecular complexity index is 1080. The summed E-state index contributed by atoms with van der Waals surface area (Å²) in [5, 5.41) is 4.49. The van der Waals surface area contributed by atoms with Crippen LogP contribution in [-0.2, 0) is 7.05 Å². The predicted octanol–water partition coefficient (Wildman–Crippen LogP) is 4.95. The van der Waals surface area contributed by atoms with E-state index in [1.807, 2.05) is 92.0 Å². The van der Waals surface area contributed by atoms with E-state index in [0.717, 1.165) is 27.8 Å². The predicted molar refractivity (Wildman–Crippen MR) is 104 cm³/mol. The van der Waals surface area contributed by atoms with Crippen molar-refractivity contribution in [1.82, 2.24) is 4.57 Å². The normalized spacial score (nSPS) is 10.8. The molecule has 1 N–H and O–H groups in total. The zero-order valence-corrected chi connectivity index (χ0v) is 13.9. The van der Waals surface area contributed by atoms with Crippen LogP contribution in [0.5, 0.6) is 0 Å². The molecule has 0 aliphatic heterocycles. The van der Waals surface area contributed by atoms with Crippen LogP contribution >= 0.6 is 0 Å². The lowest BCUT2D eigenvalue weighted by Crippen LogP contribution is -2.20. The van der Waals surface area contributed by atoms with Crippen molar-refractivity contribution in [1.29, 1.82) is 0 Å². The van der Waals surface area contributed by atoms with Crippen LogP contribution in [0.3, 0.4) is 0 Å². The minimum atomic E-state index is -0.0108. The molecule has 3 heteroatoms. The zero-order chi connectivity index (χ0) is 17.2. The minimum Gasteiger partial charge on any atom is -0.354 e. The highest BCUT2D eigenvalue weighted by atomic mass is 16.1. The molecule has 0 aliphatic rings. The Hall–Kier alpha value is -3.33. The second-order valence-corrected chi connectivity index (χ2v) is 5.99. The van der Waals surface area contributed by atoms with Gasteiger partial charge in [0.1, 0.15) is 0 Å². The number of anilines is 2. The summed E-state index contributed by atoms with van der Waals surface area (Å²) < 4.78 is 1.72. The number of fused-ring (bicyclic) bond motifs is 1. The van der Waals surface area contributed by atoms with Crippen molar-refractivity contribution < 1.29 is 0 Å². The number of para-hydroxylation sites is 2. The maximum absolute atomic E-state index is 13.1. The third-order valence-corrected chi connectivity index (χ3v) is 4.41. The summed E-state index contributed by atoms with van der Waals surface area (Å²) in [6.07, 6.45) is 0. The number of hydrogen-bond acceptors (Lipinski definition) is 2. The number of aryl methyl sites for hydroxylation is 1. The van der Waals surface area contributed by atoms with Gasteiger partial charge in [-0.25, -0.2) is 0 Å². The largest absolute Gasteiger partial charge is 0.354 e. The highest BCUT2D eigenvalue weighted by Crippen LogP contribution is 2.33. The fourth-order valence-corrected chi connectivity index (χ4v) is 3.16. The lowest BCUT2D eigenvalue weighted by molar-refractivity contribution is 0.909. The van der Waals surface area contributed by atoms with Crippen molar-refractivity contribution in [2.24, 2.45) is 7.05 Å². The van der Waals surface area contributed by atoms with E-state index in [9.17, 15) is 4.79 Å². The monoisotopic (exact) mass is 326 g/mol. The standard InChI is InChI=1S/C22H18N2O/c1-24-19-15-9-8-14-18(19)21(23-17-12-6-3-7-13-17)20(22(24)25)16-10-4-2-5-11-16/h2-15,23H,1H3. The molecule has 3 nitrogen and oxygen atoms in total. The summed E-state index contributed by atoms with van der Waals surface area (Å²) in [5.41, 5.74) is 4.29. The number of aromatic nitrogens is 1. The summed E-state index contributed by atoms with van der Waals surface area (Å²) in [7, 11) is 1.82. The van der Waals surface area contributed by atoms with Crippen molar-refractivity contribution in [3.63, 3.8) is 0 Å². The number of pyridine rings is 1. The van der Waals surface area contributed by atoms with Gasteiger partial charge in [-0.3, -0.25) is 4.79 Å². The molecule has 4 aromatic rings. The Morgan fingerprint density at radius 3 is 2.08 bits per heavy atom. The molecule has 0 fully saturated rings. The molecule has 0 atom stereocenters. The molecular weight excluding hydrogens is 308 g/mol. The minimum absolute atomic E-state index is 0.0108. The molecule has 0 unspecified atom stereocenters. The van der Waals surface area contributed by atoms with Gasteiger partial charge in [0.2, 0.25) is 0 Å². The van der Waals surface area contributed by atoms with Gasteiger partial charge in [0, 0.05) is 18.1 Å². The molecule has 0 aliphatic carbocycles. The lowest BCUT2D eigenvalue weighted by atomic mass is 10.0. The number of hydrogen-bond donors (Lipinski definition) is 1. The average Bonchev–Trinajstić information content (AvgIpc) is 2.68. The van der Waals surface area contributed by atoms with E-state index < -0.39 is 0 Å². The number of nitrogens with zero attached hydrogens (tertiary/aromatic N) is 1. The lowest BCUT2D eigenvalue weighted by Gasteiger charge is -2.17. The SMILES string of the molecule is Cn1c(=O)c(-c2ccccc2)c(Nc2ccccc2)c2ccccc21. The summed E-state index contributed by atoms with van der Waals surface area (Å²) in [4.78, 5) is 13.1. The third-order valence-electron chi connectivity index (χ3n) is 4.41. The van der Waals surface area contributed by atoms with Crippen molar-refractivity contribution in [3.8, 4) is 11.1 Å². The fraction of sp³-hybridized carbons (Fsp3) is 0.0455. The topological polar surface area (TPSA) is 34.0 Å². The molecule has 3 aromatic carbocycles. The highest BCUT2D eigenvalue weighted by molar-refractivity contribution is 6.01. The van der Waals surface area contributed by atoms with Crippen molar-refractivity contribution in [2.45, 2.75) is 0 Å². The molecule has 4 rings (SSSR count). The maximum Gasteiger partial charge on any atom is 0.260 e. The van der Waals surface area contributed by atoms with Gasteiger partial charge in [-0.15, -0.1) is 0 Å². The van der Waals surface area contributed by atoms with Gasteiger partial charge in [-0.1, -0.05) is 66.7 Å². The number of rotatable bonds is 3. The van der Waals surface area contributed by atoms with Crippen molar-refractivity contribution >= 4 is 22.3 Å². The number of nitrogens with one attached hydrogen (secondary N) is 1. The van der Waals surface area contributed by atoms with Gasteiger partial charge in [-0.2, -0.15) is 0 Å². The van der Waals surface area contributed by atoms with E-state index in [1.54, 1.807) is 4.57 Å². The molecular formula is C22H18N2O.